The van der Waals surface area contributed by atoms with Crippen molar-refractivity contribution in [3.05, 3.63) is 52.4 Å². The van der Waals surface area contributed by atoms with Crippen molar-refractivity contribution in [3.8, 4) is 0 Å². The van der Waals surface area contributed by atoms with E-state index >= 15 is 0 Å². The monoisotopic (exact) mass is 301 g/mol. The van der Waals surface area contributed by atoms with Gasteiger partial charge in [-0.3, -0.25) is 0 Å². The van der Waals surface area contributed by atoms with E-state index in [-0.39, 0.29) is 16.2 Å². The van der Waals surface area contributed by atoms with Gasteiger partial charge < -0.3 is 9.73 Å². The topological polar surface area (TPSA) is 25.2 Å². The maximum absolute atomic E-state index is 13.5. The van der Waals surface area contributed by atoms with Crippen molar-refractivity contribution in [1.29, 1.82) is 0 Å². The molecule has 1 aromatic heterocycles. The van der Waals surface area contributed by atoms with Gasteiger partial charge in [-0.15, -0.1) is 0 Å². The van der Waals surface area contributed by atoms with Crippen molar-refractivity contribution in [3.63, 3.8) is 0 Å². The largest absolute Gasteiger partial charge is 0.467 e. The minimum atomic E-state index is -0.635. The van der Waals surface area contributed by atoms with Crippen molar-refractivity contribution < 1.29 is 13.2 Å². The number of rotatable bonds is 3. The van der Waals surface area contributed by atoms with Crippen LogP contribution in [0.2, 0.25) is 0 Å². The summed E-state index contributed by atoms with van der Waals surface area (Å²) in [4.78, 5) is 0. The third-order valence-corrected chi connectivity index (χ3v) is 2.96. The van der Waals surface area contributed by atoms with Gasteiger partial charge in [-0.1, -0.05) is 0 Å². The van der Waals surface area contributed by atoms with Crippen LogP contribution in [0.25, 0.3) is 0 Å². The lowest BCUT2D eigenvalue weighted by Crippen LogP contribution is -2.07. The van der Waals surface area contributed by atoms with Gasteiger partial charge in [0.2, 0.25) is 0 Å². The minimum absolute atomic E-state index is 0.197. The van der Waals surface area contributed by atoms with E-state index in [1.54, 1.807) is 18.4 Å². The summed E-state index contributed by atoms with van der Waals surface area (Å²) < 4.78 is 31.9. The number of furan rings is 1. The van der Waals surface area contributed by atoms with Crippen LogP contribution in [0.5, 0.6) is 0 Å². The van der Waals surface area contributed by atoms with Gasteiger partial charge in [-0.25, -0.2) is 8.78 Å². The molecule has 0 bridgehead atoms. The van der Waals surface area contributed by atoms with Gasteiger partial charge >= 0.3 is 0 Å². The first-order valence-electron chi connectivity index (χ1n) is 5.02. The Balaban J connectivity index is 2.22. The molecule has 1 atom stereocenters. The molecule has 1 heterocycles. The third-order valence-electron chi connectivity index (χ3n) is 2.35. The Morgan fingerprint density at radius 3 is 2.71 bits per heavy atom. The molecule has 2 nitrogen and oxygen atoms in total. The first-order valence-corrected chi connectivity index (χ1v) is 5.81. The molecule has 5 heteroatoms. The molecule has 0 saturated heterocycles. The number of anilines is 1. The number of nitrogens with one attached hydrogen (secondary N) is 1. The number of hydrogen-bond donors (Lipinski definition) is 1. The molecule has 0 spiro atoms. The van der Waals surface area contributed by atoms with Gasteiger partial charge in [0.15, 0.2) is 0 Å². The minimum Gasteiger partial charge on any atom is -0.467 e. The van der Waals surface area contributed by atoms with Crippen LogP contribution in [0.3, 0.4) is 0 Å². The average Bonchev–Trinajstić information content (AvgIpc) is 2.79. The summed E-state index contributed by atoms with van der Waals surface area (Å²) in [5.74, 6) is -0.576. The standard InChI is InChI=1S/C12H10BrF2NO/c1-7(12-3-2-4-17-12)16-11-5-8(13)9(14)6-10(11)15/h2-7,16H,1H3. The highest BCUT2D eigenvalue weighted by atomic mass is 79.9. The van der Waals surface area contributed by atoms with Crippen LogP contribution in [0.15, 0.2) is 39.4 Å². The third kappa shape index (κ3) is 2.66. The summed E-state index contributed by atoms with van der Waals surface area (Å²) >= 11 is 3.01. The van der Waals surface area contributed by atoms with E-state index in [0.717, 1.165) is 6.07 Å². The number of halogens is 3. The highest BCUT2D eigenvalue weighted by molar-refractivity contribution is 9.10. The van der Waals surface area contributed by atoms with Crippen LogP contribution in [0.1, 0.15) is 18.7 Å². The predicted octanol–water partition coefficient (Wildman–Crippen LogP) is 4.49. The fourth-order valence-electron chi connectivity index (χ4n) is 1.48. The van der Waals surface area contributed by atoms with E-state index in [9.17, 15) is 8.78 Å². The Morgan fingerprint density at radius 2 is 2.06 bits per heavy atom. The van der Waals surface area contributed by atoms with E-state index in [1.807, 2.05) is 6.92 Å². The van der Waals surface area contributed by atoms with E-state index < -0.39 is 11.6 Å². The van der Waals surface area contributed by atoms with E-state index in [4.69, 9.17) is 4.42 Å². The van der Waals surface area contributed by atoms with Gasteiger partial charge in [0.25, 0.3) is 0 Å². The molecule has 2 rings (SSSR count). The predicted molar refractivity (Wildman–Crippen MR) is 64.8 cm³/mol. The first-order chi connectivity index (χ1) is 8.08. The molecule has 90 valence electrons. The Kier molecular flexibility index (Phi) is 3.47. The summed E-state index contributed by atoms with van der Waals surface area (Å²) in [5.41, 5.74) is 0.224. The lowest BCUT2D eigenvalue weighted by molar-refractivity contribution is 0.489. The molecule has 0 fully saturated rings. The van der Waals surface area contributed by atoms with E-state index in [0.29, 0.717) is 5.76 Å². The normalized spacial score (nSPS) is 12.5. The van der Waals surface area contributed by atoms with E-state index in [1.165, 1.54) is 6.07 Å². The molecular formula is C12H10BrF2NO. The van der Waals surface area contributed by atoms with Crippen molar-refractivity contribution in [2.75, 3.05) is 5.32 Å². The zero-order chi connectivity index (χ0) is 12.4. The smallest absolute Gasteiger partial charge is 0.149 e. The lowest BCUT2D eigenvalue weighted by Gasteiger charge is -2.14. The molecule has 0 radical (unpaired) electrons. The van der Waals surface area contributed by atoms with Crippen LogP contribution < -0.4 is 5.32 Å². The Labute approximate surface area is 106 Å². The van der Waals surface area contributed by atoms with E-state index in [2.05, 4.69) is 21.2 Å². The molecule has 0 amide bonds. The zero-order valence-corrected chi connectivity index (χ0v) is 10.6. The Bertz CT molecular complexity index is 513. The van der Waals surface area contributed by atoms with Crippen molar-refractivity contribution in [2.24, 2.45) is 0 Å². The number of hydrogen-bond acceptors (Lipinski definition) is 2. The van der Waals surface area contributed by atoms with Crippen molar-refractivity contribution >= 4 is 21.6 Å². The van der Waals surface area contributed by atoms with Crippen molar-refractivity contribution in [2.45, 2.75) is 13.0 Å². The molecule has 0 aliphatic rings. The summed E-state index contributed by atoms with van der Waals surface area (Å²) in [6.07, 6.45) is 1.55. The number of benzene rings is 1. The highest BCUT2D eigenvalue weighted by Crippen LogP contribution is 2.27. The van der Waals surface area contributed by atoms with Crippen LogP contribution in [-0.4, -0.2) is 0 Å². The molecule has 1 aromatic carbocycles. The second-order valence-electron chi connectivity index (χ2n) is 3.63. The second-order valence-corrected chi connectivity index (χ2v) is 4.48. The summed E-state index contributed by atoms with van der Waals surface area (Å²) in [6, 6.07) is 5.54. The van der Waals surface area contributed by atoms with Crippen LogP contribution in [0.4, 0.5) is 14.5 Å². The fourth-order valence-corrected chi connectivity index (χ4v) is 1.82. The molecular weight excluding hydrogens is 292 g/mol. The maximum Gasteiger partial charge on any atom is 0.149 e. The van der Waals surface area contributed by atoms with Gasteiger partial charge in [0.05, 0.1) is 22.5 Å². The van der Waals surface area contributed by atoms with Crippen LogP contribution in [-0.2, 0) is 0 Å². The van der Waals surface area contributed by atoms with Gasteiger partial charge in [-0.05, 0) is 41.1 Å². The molecule has 1 unspecified atom stereocenters. The van der Waals surface area contributed by atoms with Gasteiger partial charge in [-0.2, -0.15) is 0 Å². The second kappa shape index (κ2) is 4.87. The molecule has 0 saturated carbocycles. The summed E-state index contributed by atoms with van der Waals surface area (Å²) in [7, 11) is 0. The SMILES string of the molecule is CC(Nc1cc(Br)c(F)cc1F)c1ccco1. The molecule has 0 aliphatic carbocycles. The summed E-state index contributed by atoms with van der Waals surface area (Å²) in [6.45, 7) is 1.83. The Hall–Kier alpha value is -1.36. The summed E-state index contributed by atoms with van der Waals surface area (Å²) in [5, 5.41) is 2.92. The Morgan fingerprint density at radius 1 is 1.29 bits per heavy atom. The quantitative estimate of drug-likeness (QED) is 0.845. The highest BCUT2D eigenvalue weighted by Gasteiger charge is 2.13. The van der Waals surface area contributed by atoms with Gasteiger partial charge in [0.1, 0.15) is 17.4 Å². The fraction of sp³-hybridized carbons (Fsp3) is 0.167. The van der Waals surface area contributed by atoms with Crippen molar-refractivity contribution in [1.82, 2.24) is 0 Å². The molecule has 2 aromatic rings. The average molecular weight is 302 g/mol. The maximum atomic E-state index is 13.5. The van der Waals surface area contributed by atoms with Crippen LogP contribution >= 0.6 is 15.9 Å². The lowest BCUT2D eigenvalue weighted by atomic mass is 10.2. The zero-order valence-electron chi connectivity index (χ0n) is 9.01. The molecule has 0 aliphatic heterocycles. The van der Waals surface area contributed by atoms with Gasteiger partial charge in [0, 0.05) is 6.07 Å². The molecule has 17 heavy (non-hydrogen) atoms. The van der Waals surface area contributed by atoms with Crippen LogP contribution in [0, 0.1) is 11.6 Å². The molecule has 1 N–H and O–H groups in total. The first kappa shape index (κ1) is 12.1.